The van der Waals surface area contributed by atoms with Crippen LogP contribution in [0, 0.1) is 17.8 Å². The van der Waals surface area contributed by atoms with E-state index in [-0.39, 0.29) is 17.7 Å². The maximum atomic E-state index is 13.3. The molecule has 1 unspecified atom stereocenters. The summed E-state index contributed by atoms with van der Waals surface area (Å²) in [5.74, 6) is 1.11. The molecule has 0 bridgehead atoms. The second-order valence-electron chi connectivity index (χ2n) is 11.1. The standard InChI is InChI=1S/C30H46N2O2/c1-22(2)14-9-5-7-11-20-31-27-19-18-26-28-24(27)16-13-17-25(28)29(33)32(30(26)34)21-12-8-6-10-15-23(3)4/h13,16-17,19,22-23,25,31H,5-12,14-15,18,20-21H2,1-4H3. The predicted octanol–water partition coefficient (Wildman–Crippen LogP) is 6.85. The van der Waals surface area contributed by atoms with E-state index in [1.807, 2.05) is 12.2 Å². The molecule has 4 heteroatoms. The summed E-state index contributed by atoms with van der Waals surface area (Å²) in [6.45, 7) is 10.6. The third kappa shape index (κ3) is 6.96. The first kappa shape index (κ1) is 26.5. The molecule has 0 saturated carbocycles. The minimum Gasteiger partial charge on any atom is -0.385 e. The first-order valence-corrected chi connectivity index (χ1v) is 13.8. The number of unbranched alkanes of at least 4 members (excludes halogenated alkanes) is 6. The predicted molar refractivity (Wildman–Crippen MR) is 141 cm³/mol. The van der Waals surface area contributed by atoms with Gasteiger partial charge in [-0.05, 0) is 36.7 Å². The summed E-state index contributed by atoms with van der Waals surface area (Å²) in [6, 6.07) is 0. The van der Waals surface area contributed by atoms with Crippen molar-refractivity contribution in [2.75, 3.05) is 13.1 Å². The molecule has 0 spiro atoms. The summed E-state index contributed by atoms with van der Waals surface area (Å²) >= 11 is 0. The summed E-state index contributed by atoms with van der Waals surface area (Å²) in [4.78, 5) is 28.1. The number of hydrogen-bond donors (Lipinski definition) is 1. The lowest BCUT2D eigenvalue weighted by molar-refractivity contribution is -0.145. The highest BCUT2D eigenvalue weighted by Gasteiger charge is 2.42. The normalized spacial score (nSPS) is 19.7. The molecule has 0 aromatic carbocycles. The van der Waals surface area contributed by atoms with Crippen molar-refractivity contribution in [1.29, 1.82) is 0 Å². The number of allylic oxidation sites excluding steroid dienone is 4. The summed E-state index contributed by atoms with van der Waals surface area (Å²) in [6.07, 6.45) is 20.7. The maximum Gasteiger partial charge on any atom is 0.257 e. The fraction of sp³-hybridized carbons (Fsp3) is 0.667. The molecule has 0 aromatic rings. The van der Waals surface area contributed by atoms with E-state index in [9.17, 15) is 9.59 Å². The van der Waals surface area contributed by atoms with Crippen LogP contribution in [0.1, 0.15) is 98.3 Å². The van der Waals surface area contributed by atoms with Crippen molar-refractivity contribution >= 4 is 11.8 Å². The molecular weight excluding hydrogens is 420 g/mol. The Morgan fingerprint density at radius 1 is 0.912 bits per heavy atom. The number of nitrogens with one attached hydrogen (secondary N) is 1. The molecule has 34 heavy (non-hydrogen) atoms. The van der Waals surface area contributed by atoms with Gasteiger partial charge in [-0.1, -0.05) is 103 Å². The average molecular weight is 467 g/mol. The van der Waals surface area contributed by atoms with E-state index >= 15 is 0 Å². The van der Waals surface area contributed by atoms with Crippen LogP contribution in [0.4, 0.5) is 0 Å². The number of carbonyl (C=O) groups is 2. The molecule has 188 valence electrons. The van der Waals surface area contributed by atoms with E-state index in [1.165, 1.54) is 49.8 Å². The zero-order valence-electron chi connectivity index (χ0n) is 22.0. The van der Waals surface area contributed by atoms with Gasteiger partial charge in [0.2, 0.25) is 5.91 Å². The van der Waals surface area contributed by atoms with Gasteiger partial charge in [-0.3, -0.25) is 14.5 Å². The second kappa shape index (κ2) is 13.1. The minimum atomic E-state index is -0.310. The summed E-state index contributed by atoms with van der Waals surface area (Å²) in [5.41, 5.74) is 3.91. The number of nitrogens with zero attached hydrogens (tertiary/aromatic N) is 1. The van der Waals surface area contributed by atoms with Crippen molar-refractivity contribution in [2.24, 2.45) is 17.8 Å². The molecule has 4 nitrogen and oxygen atoms in total. The van der Waals surface area contributed by atoms with E-state index in [2.05, 4.69) is 45.2 Å². The minimum absolute atomic E-state index is 0.0424. The third-order valence-electron chi connectivity index (χ3n) is 7.27. The quantitative estimate of drug-likeness (QED) is 0.212. The smallest absolute Gasteiger partial charge is 0.257 e. The van der Waals surface area contributed by atoms with Gasteiger partial charge in [-0.2, -0.15) is 0 Å². The van der Waals surface area contributed by atoms with E-state index in [4.69, 9.17) is 0 Å². The summed E-state index contributed by atoms with van der Waals surface area (Å²) < 4.78 is 0. The van der Waals surface area contributed by atoms with Crippen LogP contribution in [0.5, 0.6) is 0 Å². The Labute approximate surface area is 207 Å². The first-order chi connectivity index (χ1) is 16.4. The second-order valence-corrected chi connectivity index (χ2v) is 11.1. The molecule has 0 fully saturated rings. The van der Waals surface area contributed by atoms with Gasteiger partial charge in [-0.25, -0.2) is 0 Å². The zero-order valence-corrected chi connectivity index (χ0v) is 22.0. The van der Waals surface area contributed by atoms with Crippen LogP contribution in [0.15, 0.2) is 46.7 Å². The third-order valence-corrected chi connectivity index (χ3v) is 7.27. The molecule has 0 aromatic heterocycles. The van der Waals surface area contributed by atoms with Gasteiger partial charge >= 0.3 is 0 Å². The van der Waals surface area contributed by atoms with Gasteiger partial charge in [0.25, 0.3) is 5.91 Å². The molecule has 1 heterocycles. The molecule has 2 aliphatic carbocycles. The highest BCUT2D eigenvalue weighted by Crippen LogP contribution is 2.41. The molecule has 0 saturated heterocycles. The molecular formula is C30H46N2O2. The molecule has 1 N–H and O–H groups in total. The number of carbonyl (C=O) groups excluding carboxylic acids is 2. The Morgan fingerprint density at radius 2 is 1.56 bits per heavy atom. The van der Waals surface area contributed by atoms with E-state index in [1.54, 1.807) is 0 Å². The van der Waals surface area contributed by atoms with Crippen molar-refractivity contribution < 1.29 is 9.59 Å². The SMILES string of the molecule is CC(C)CCCCCCNC1=CCC2=C3C1=CC=CC3C(=O)N(CCCCCCC(C)C)C2=O. The van der Waals surface area contributed by atoms with Gasteiger partial charge in [-0.15, -0.1) is 0 Å². The number of rotatable bonds is 15. The fourth-order valence-electron chi connectivity index (χ4n) is 5.27. The number of imide groups is 1. The summed E-state index contributed by atoms with van der Waals surface area (Å²) in [5, 5.41) is 3.60. The molecule has 3 aliphatic rings. The van der Waals surface area contributed by atoms with Crippen LogP contribution in [-0.2, 0) is 9.59 Å². The molecule has 1 atom stereocenters. The van der Waals surface area contributed by atoms with Crippen molar-refractivity contribution in [1.82, 2.24) is 10.2 Å². The maximum absolute atomic E-state index is 13.3. The van der Waals surface area contributed by atoms with Crippen molar-refractivity contribution in [3.05, 3.63) is 46.7 Å². The van der Waals surface area contributed by atoms with Crippen molar-refractivity contribution in [2.45, 2.75) is 98.3 Å². The number of hydrogen-bond acceptors (Lipinski definition) is 3. The van der Waals surface area contributed by atoms with Gasteiger partial charge < -0.3 is 5.32 Å². The van der Waals surface area contributed by atoms with Crippen LogP contribution in [0.2, 0.25) is 0 Å². The number of amides is 2. The van der Waals surface area contributed by atoms with Gasteiger partial charge in [0.15, 0.2) is 0 Å². The van der Waals surface area contributed by atoms with E-state index in [0.717, 1.165) is 60.1 Å². The zero-order chi connectivity index (χ0) is 24.5. The Morgan fingerprint density at radius 3 is 2.24 bits per heavy atom. The Balaban J connectivity index is 1.53. The topological polar surface area (TPSA) is 49.4 Å². The van der Waals surface area contributed by atoms with Crippen LogP contribution in [-0.4, -0.2) is 29.8 Å². The van der Waals surface area contributed by atoms with Crippen LogP contribution in [0.3, 0.4) is 0 Å². The monoisotopic (exact) mass is 466 g/mol. The first-order valence-electron chi connectivity index (χ1n) is 13.8. The van der Waals surface area contributed by atoms with Crippen molar-refractivity contribution in [3.8, 4) is 0 Å². The van der Waals surface area contributed by atoms with Crippen LogP contribution in [0.25, 0.3) is 0 Å². The Kier molecular flexibility index (Phi) is 10.2. The van der Waals surface area contributed by atoms with Crippen LogP contribution >= 0.6 is 0 Å². The lowest BCUT2D eigenvalue weighted by Crippen LogP contribution is -2.48. The van der Waals surface area contributed by atoms with E-state index in [0.29, 0.717) is 13.0 Å². The summed E-state index contributed by atoms with van der Waals surface area (Å²) in [7, 11) is 0. The van der Waals surface area contributed by atoms with Gasteiger partial charge in [0, 0.05) is 29.9 Å². The molecule has 3 rings (SSSR count). The van der Waals surface area contributed by atoms with Gasteiger partial charge in [0.05, 0.1) is 5.92 Å². The van der Waals surface area contributed by atoms with Crippen LogP contribution < -0.4 is 5.32 Å². The average Bonchev–Trinajstić information content (AvgIpc) is 2.80. The highest BCUT2D eigenvalue weighted by molar-refractivity contribution is 6.12. The molecule has 2 amide bonds. The lowest BCUT2D eigenvalue weighted by atomic mass is 9.76. The molecule has 0 radical (unpaired) electrons. The highest BCUT2D eigenvalue weighted by atomic mass is 16.2. The van der Waals surface area contributed by atoms with Gasteiger partial charge in [0.1, 0.15) is 0 Å². The van der Waals surface area contributed by atoms with E-state index < -0.39 is 0 Å². The lowest BCUT2D eigenvalue weighted by Gasteiger charge is -2.38. The molecule has 1 aliphatic heterocycles. The Bertz CT molecular complexity index is 844. The largest absolute Gasteiger partial charge is 0.385 e. The van der Waals surface area contributed by atoms with Crippen molar-refractivity contribution in [3.63, 3.8) is 0 Å². The Hall–Kier alpha value is -2.10. The fourth-order valence-corrected chi connectivity index (χ4v) is 5.27.